The van der Waals surface area contributed by atoms with Gasteiger partial charge in [-0.15, -0.1) is 0 Å². The quantitative estimate of drug-likeness (QED) is 0.841. The van der Waals surface area contributed by atoms with Gasteiger partial charge in [-0.2, -0.15) is 0 Å². The van der Waals surface area contributed by atoms with Crippen LogP contribution in [0.15, 0.2) is 18.7 Å². The first-order valence-electron chi connectivity index (χ1n) is 6.91. The highest BCUT2D eigenvalue weighted by Gasteiger charge is 2.51. The van der Waals surface area contributed by atoms with Crippen LogP contribution in [-0.2, 0) is 11.3 Å². The standard InChI is InChI=1S/C13H18N4O3/c18-12(19)10-7-9-1-2-11(10)17(9)13(20)15-4-6-16-5-3-14-8-16/h3,5,8-11H,1-2,4,6-7H2,(H,15,20)(H,18,19). The lowest BCUT2D eigenvalue weighted by atomic mass is 9.89. The number of aromatic nitrogens is 2. The highest BCUT2D eigenvalue weighted by Crippen LogP contribution is 2.41. The molecule has 0 radical (unpaired) electrons. The fourth-order valence-electron chi connectivity index (χ4n) is 3.37. The molecule has 3 heterocycles. The highest BCUT2D eigenvalue weighted by molar-refractivity contribution is 5.79. The molecule has 3 rings (SSSR count). The summed E-state index contributed by atoms with van der Waals surface area (Å²) in [6.45, 7) is 1.18. The number of nitrogens with one attached hydrogen (secondary N) is 1. The van der Waals surface area contributed by atoms with Crippen LogP contribution in [0.25, 0.3) is 0 Å². The summed E-state index contributed by atoms with van der Waals surface area (Å²) in [4.78, 5) is 29.0. The molecule has 2 N–H and O–H groups in total. The third kappa shape index (κ3) is 2.23. The van der Waals surface area contributed by atoms with Crippen LogP contribution in [0.2, 0.25) is 0 Å². The summed E-state index contributed by atoms with van der Waals surface area (Å²) < 4.78 is 1.89. The van der Waals surface area contributed by atoms with Crippen molar-refractivity contribution >= 4 is 12.0 Å². The van der Waals surface area contributed by atoms with Crippen molar-refractivity contribution in [3.8, 4) is 0 Å². The molecule has 7 heteroatoms. The fourth-order valence-corrected chi connectivity index (χ4v) is 3.37. The summed E-state index contributed by atoms with van der Waals surface area (Å²) in [5.41, 5.74) is 0. The van der Waals surface area contributed by atoms with Gasteiger partial charge < -0.3 is 19.9 Å². The van der Waals surface area contributed by atoms with E-state index in [2.05, 4.69) is 10.3 Å². The van der Waals surface area contributed by atoms with E-state index in [0.717, 1.165) is 12.8 Å². The summed E-state index contributed by atoms with van der Waals surface area (Å²) >= 11 is 0. The van der Waals surface area contributed by atoms with Crippen molar-refractivity contribution < 1.29 is 14.7 Å². The Labute approximate surface area is 116 Å². The number of nitrogens with zero attached hydrogens (tertiary/aromatic N) is 3. The molecule has 1 aromatic heterocycles. The van der Waals surface area contributed by atoms with Crippen molar-refractivity contribution in [3.63, 3.8) is 0 Å². The van der Waals surface area contributed by atoms with Crippen LogP contribution in [0, 0.1) is 5.92 Å². The lowest BCUT2D eigenvalue weighted by Crippen LogP contribution is -2.45. The van der Waals surface area contributed by atoms with Crippen LogP contribution < -0.4 is 5.32 Å². The molecule has 0 aliphatic carbocycles. The number of rotatable bonds is 4. The van der Waals surface area contributed by atoms with Gasteiger partial charge in [0.15, 0.2) is 0 Å². The lowest BCUT2D eigenvalue weighted by Gasteiger charge is -2.23. The molecule has 2 aliphatic heterocycles. The summed E-state index contributed by atoms with van der Waals surface area (Å²) in [6, 6.07) is -0.179. The number of carboxylic acid groups (broad SMARTS) is 1. The van der Waals surface area contributed by atoms with Crippen LogP contribution in [0.4, 0.5) is 4.79 Å². The maximum absolute atomic E-state index is 12.2. The Bertz CT molecular complexity index is 502. The predicted octanol–water partition coefficient (Wildman–Crippen LogP) is 0.530. The number of imidazole rings is 1. The molecular formula is C13H18N4O3. The number of hydrogen-bond donors (Lipinski definition) is 2. The van der Waals surface area contributed by atoms with Gasteiger partial charge in [0.1, 0.15) is 0 Å². The van der Waals surface area contributed by atoms with Gasteiger partial charge in [-0.1, -0.05) is 0 Å². The zero-order valence-corrected chi connectivity index (χ0v) is 11.1. The minimum atomic E-state index is -0.784. The average molecular weight is 278 g/mol. The molecule has 2 saturated heterocycles. The molecule has 20 heavy (non-hydrogen) atoms. The normalized spacial score (nSPS) is 27.8. The topological polar surface area (TPSA) is 87.5 Å². The van der Waals surface area contributed by atoms with Crippen LogP contribution in [0.5, 0.6) is 0 Å². The molecular weight excluding hydrogens is 260 g/mol. The number of carboxylic acids is 1. The third-order valence-corrected chi connectivity index (χ3v) is 4.29. The minimum Gasteiger partial charge on any atom is -0.481 e. The van der Waals surface area contributed by atoms with Crippen LogP contribution in [0.3, 0.4) is 0 Å². The van der Waals surface area contributed by atoms with E-state index in [1.165, 1.54) is 0 Å². The molecule has 108 valence electrons. The number of fused-ring (bicyclic) bond motifs is 2. The Morgan fingerprint density at radius 2 is 2.25 bits per heavy atom. The van der Waals surface area contributed by atoms with Gasteiger partial charge >= 0.3 is 12.0 Å². The number of aliphatic carboxylic acids is 1. The van der Waals surface area contributed by atoms with Gasteiger partial charge in [0.2, 0.25) is 0 Å². The van der Waals surface area contributed by atoms with E-state index >= 15 is 0 Å². The van der Waals surface area contributed by atoms with E-state index in [1.54, 1.807) is 17.4 Å². The lowest BCUT2D eigenvalue weighted by molar-refractivity contribution is -0.142. The van der Waals surface area contributed by atoms with Gasteiger partial charge in [0, 0.05) is 37.6 Å². The van der Waals surface area contributed by atoms with E-state index in [-0.39, 0.29) is 18.1 Å². The first-order chi connectivity index (χ1) is 9.66. The van der Waals surface area contributed by atoms with Crippen LogP contribution in [-0.4, -0.2) is 50.2 Å². The van der Waals surface area contributed by atoms with E-state index in [0.29, 0.717) is 19.5 Å². The van der Waals surface area contributed by atoms with Crippen molar-refractivity contribution in [2.24, 2.45) is 5.92 Å². The van der Waals surface area contributed by atoms with Crippen molar-refractivity contribution in [2.75, 3.05) is 6.54 Å². The van der Waals surface area contributed by atoms with Gasteiger partial charge in [0.05, 0.1) is 12.2 Å². The molecule has 3 atom stereocenters. The zero-order chi connectivity index (χ0) is 14.1. The molecule has 7 nitrogen and oxygen atoms in total. The maximum atomic E-state index is 12.2. The fraction of sp³-hybridized carbons (Fsp3) is 0.615. The Morgan fingerprint density at radius 1 is 1.40 bits per heavy atom. The van der Waals surface area contributed by atoms with Crippen molar-refractivity contribution in [1.29, 1.82) is 0 Å². The SMILES string of the molecule is O=C(O)C1CC2CCC1N2C(=O)NCCn1ccnc1. The van der Waals surface area contributed by atoms with Crippen LogP contribution in [0.1, 0.15) is 19.3 Å². The average Bonchev–Trinajstić information content (AvgIpc) is 3.13. The first-order valence-corrected chi connectivity index (χ1v) is 6.91. The van der Waals surface area contributed by atoms with Gasteiger partial charge in [-0.25, -0.2) is 9.78 Å². The second-order valence-corrected chi connectivity index (χ2v) is 5.42. The van der Waals surface area contributed by atoms with Crippen LogP contribution >= 0.6 is 0 Å². The highest BCUT2D eigenvalue weighted by atomic mass is 16.4. The molecule has 0 spiro atoms. The van der Waals surface area contributed by atoms with Gasteiger partial charge in [-0.3, -0.25) is 4.79 Å². The van der Waals surface area contributed by atoms with E-state index in [4.69, 9.17) is 5.11 Å². The Morgan fingerprint density at radius 3 is 2.90 bits per heavy atom. The number of urea groups is 1. The monoisotopic (exact) mass is 278 g/mol. The minimum absolute atomic E-state index is 0.0920. The molecule has 1 aromatic rings. The van der Waals surface area contributed by atoms with Crippen molar-refractivity contribution in [1.82, 2.24) is 19.8 Å². The first kappa shape index (κ1) is 13.0. The van der Waals surface area contributed by atoms with Crippen molar-refractivity contribution in [2.45, 2.75) is 37.9 Å². The number of hydrogen-bond acceptors (Lipinski definition) is 3. The van der Waals surface area contributed by atoms with E-state index in [9.17, 15) is 9.59 Å². The molecule has 2 fully saturated rings. The Kier molecular flexibility index (Phi) is 3.33. The third-order valence-electron chi connectivity index (χ3n) is 4.29. The van der Waals surface area contributed by atoms with Crippen molar-refractivity contribution in [3.05, 3.63) is 18.7 Å². The Balaban J connectivity index is 1.54. The van der Waals surface area contributed by atoms with E-state index < -0.39 is 11.9 Å². The number of carbonyl (C=O) groups excluding carboxylic acids is 1. The van der Waals surface area contributed by atoms with Gasteiger partial charge in [0.25, 0.3) is 0 Å². The number of carbonyl (C=O) groups is 2. The molecule has 2 amide bonds. The second-order valence-electron chi connectivity index (χ2n) is 5.42. The predicted molar refractivity (Wildman–Crippen MR) is 70.0 cm³/mol. The number of amides is 2. The summed E-state index contributed by atoms with van der Waals surface area (Å²) in [5, 5.41) is 12.0. The zero-order valence-electron chi connectivity index (χ0n) is 11.1. The molecule has 3 unspecified atom stereocenters. The summed E-state index contributed by atoms with van der Waals surface area (Å²) in [7, 11) is 0. The smallest absolute Gasteiger partial charge is 0.317 e. The molecule has 0 aromatic carbocycles. The second kappa shape index (κ2) is 5.15. The molecule has 0 saturated carbocycles. The molecule has 2 aliphatic rings. The summed E-state index contributed by atoms with van der Waals surface area (Å²) in [5.74, 6) is -1.18. The summed E-state index contributed by atoms with van der Waals surface area (Å²) in [6.07, 6.45) is 7.55. The maximum Gasteiger partial charge on any atom is 0.317 e. The largest absolute Gasteiger partial charge is 0.481 e. The Hall–Kier alpha value is -2.05. The van der Waals surface area contributed by atoms with E-state index in [1.807, 2.05) is 10.8 Å². The van der Waals surface area contributed by atoms with Gasteiger partial charge in [-0.05, 0) is 19.3 Å². The molecule has 2 bridgehead atoms.